The number of nitrogens with one attached hydrogen (secondary N) is 1. The Labute approximate surface area is 398 Å². The number of rotatable bonds is 43. The summed E-state index contributed by atoms with van der Waals surface area (Å²) >= 11 is 0. The van der Waals surface area contributed by atoms with Gasteiger partial charge < -0.3 is 20.3 Å². The fourth-order valence-electron chi connectivity index (χ4n) is 6.79. The highest BCUT2D eigenvalue weighted by Crippen LogP contribution is 2.16. The Morgan fingerprint density at radius 3 is 1.38 bits per heavy atom. The maximum absolute atomic E-state index is 13.2. The largest absolute Gasteiger partial charge is 0.462 e. The van der Waals surface area contributed by atoms with E-state index >= 15 is 0 Å². The van der Waals surface area contributed by atoms with Gasteiger partial charge in [-0.1, -0.05) is 244 Å². The third-order valence-corrected chi connectivity index (χ3v) is 10.6. The summed E-state index contributed by atoms with van der Waals surface area (Å²) in [7, 11) is 0. The van der Waals surface area contributed by atoms with Crippen molar-refractivity contribution in [3.63, 3.8) is 0 Å². The monoisotopic (exact) mass is 896 g/mol. The molecule has 3 N–H and O–H groups in total. The molecule has 3 unspecified atom stereocenters. The lowest BCUT2D eigenvalue weighted by molar-refractivity contribution is -0.150. The fourth-order valence-corrected chi connectivity index (χ4v) is 6.79. The van der Waals surface area contributed by atoms with Gasteiger partial charge in [-0.2, -0.15) is 0 Å². The number of hydrogen-bond acceptors (Lipinski definition) is 5. The summed E-state index contributed by atoms with van der Waals surface area (Å²) < 4.78 is 5.85. The average molecular weight is 896 g/mol. The molecule has 6 heteroatoms. The van der Waals surface area contributed by atoms with Crippen LogP contribution in [-0.2, 0) is 14.3 Å². The Balaban J connectivity index is 4.88. The molecule has 1 amide bonds. The van der Waals surface area contributed by atoms with Crippen molar-refractivity contribution >= 4 is 11.9 Å². The molecule has 0 aromatic carbocycles. The molecule has 0 aliphatic carbocycles. The lowest BCUT2D eigenvalue weighted by atomic mass is 10.0. The topological polar surface area (TPSA) is 95.9 Å². The summed E-state index contributed by atoms with van der Waals surface area (Å²) in [4.78, 5) is 26.1. The van der Waals surface area contributed by atoms with Crippen molar-refractivity contribution in [1.29, 1.82) is 0 Å². The standard InChI is InChI=1S/C59H93NO5/c1-4-7-10-13-16-19-22-25-27-28-29-30-32-34-37-40-43-46-49-52-59(64)65-55(50-47-44-41-38-35-33-31-26-23-20-17-14-11-8-5-2)53-58(63)60-56(54-61)57(62)51-48-45-42-39-36-24-21-18-15-12-9-6-3/h7-8,10-11,14,16-17,19-20,23,25-27,29-31,33-35,37-38,41,43,46,55-57,61-62H,4-6,9,12-13,15,18,21-22,24,28,32,36,39-40,42,44-45,47-54H2,1-3H3,(H,60,63)/b10-7-,11-8-,17-14+,19-16-,23-20+,27-25-,30-29-,31-26-,35-33+,37-34-,41-38+,46-43-. The molecule has 0 aromatic rings. The van der Waals surface area contributed by atoms with E-state index in [-0.39, 0.29) is 31.3 Å². The van der Waals surface area contributed by atoms with Crippen molar-refractivity contribution in [2.45, 2.75) is 206 Å². The van der Waals surface area contributed by atoms with Crippen molar-refractivity contribution in [3.05, 3.63) is 146 Å². The molecule has 0 heterocycles. The fraction of sp³-hybridized carbons (Fsp3) is 0.559. The summed E-state index contributed by atoms with van der Waals surface area (Å²) in [6.45, 7) is 6.16. The highest BCUT2D eigenvalue weighted by molar-refractivity contribution is 5.77. The zero-order chi connectivity index (χ0) is 47.4. The Morgan fingerprint density at radius 2 is 0.908 bits per heavy atom. The van der Waals surface area contributed by atoms with E-state index in [2.05, 4.69) is 105 Å². The minimum atomic E-state index is -0.830. The molecule has 65 heavy (non-hydrogen) atoms. The number of amides is 1. The quantitative estimate of drug-likeness (QED) is 0.0245. The number of aliphatic hydroxyl groups excluding tert-OH is 2. The second-order valence-corrected chi connectivity index (χ2v) is 16.6. The second kappa shape index (κ2) is 50.7. The first kappa shape index (κ1) is 60.7. The van der Waals surface area contributed by atoms with Crippen LogP contribution in [0.5, 0.6) is 0 Å². The molecule has 0 fully saturated rings. The number of esters is 1. The Bertz CT molecular complexity index is 1470. The summed E-state index contributed by atoms with van der Waals surface area (Å²) in [5, 5.41) is 23.7. The van der Waals surface area contributed by atoms with Gasteiger partial charge in [0.25, 0.3) is 0 Å². The molecule has 0 spiro atoms. The van der Waals surface area contributed by atoms with E-state index in [1.807, 2.05) is 66.8 Å². The lowest BCUT2D eigenvalue weighted by Gasteiger charge is -2.24. The number of ether oxygens (including phenoxy) is 1. The van der Waals surface area contributed by atoms with Crippen LogP contribution in [-0.4, -0.2) is 46.9 Å². The first-order chi connectivity index (χ1) is 32.0. The zero-order valence-electron chi connectivity index (χ0n) is 41.3. The molecular formula is C59H93NO5. The summed E-state index contributed by atoms with van der Waals surface area (Å²) in [6, 6.07) is -0.752. The van der Waals surface area contributed by atoms with Crippen molar-refractivity contribution in [2.75, 3.05) is 6.61 Å². The third kappa shape index (κ3) is 46.1. The molecule has 0 rings (SSSR count). The maximum atomic E-state index is 13.2. The molecule has 364 valence electrons. The summed E-state index contributed by atoms with van der Waals surface area (Å²) in [6.07, 6.45) is 73.4. The molecule has 0 aliphatic heterocycles. The number of unbranched alkanes of at least 4 members (excludes halogenated alkanes) is 12. The van der Waals surface area contributed by atoms with Crippen molar-refractivity contribution in [2.24, 2.45) is 0 Å². The van der Waals surface area contributed by atoms with E-state index in [0.29, 0.717) is 19.3 Å². The average Bonchev–Trinajstić information content (AvgIpc) is 3.30. The van der Waals surface area contributed by atoms with Gasteiger partial charge in [-0.05, 0) is 77.0 Å². The van der Waals surface area contributed by atoms with E-state index < -0.39 is 18.2 Å². The Morgan fingerprint density at radius 1 is 0.477 bits per heavy atom. The lowest BCUT2D eigenvalue weighted by Crippen LogP contribution is -2.46. The van der Waals surface area contributed by atoms with Crippen LogP contribution in [0, 0.1) is 0 Å². The van der Waals surface area contributed by atoms with Crippen molar-refractivity contribution in [3.8, 4) is 0 Å². The van der Waals surface area contributed by atoms with Gasteiger partial charge in [-0.25, -0.2) is 0 Å². The molecule has 0 saturated carbocycles. The number of allylic oxidation sites excluding steroid dienone is 24. The van der Waals surface area contributed by atoms with Gasteiger partial charge >= 0.3 is 5.97 Å². The van der Waals surface area contributed by atoms with E-state index in [4.69, 9.17) is 4.74 Å². The number of aliphatic hydroxyl groups is 2. The van der Waals surface area contributed by atoms with E-state index in [9.17, 15) is 19.8 Å². The van der Waals surface area contributed by atoms with Gasteiger partial charge in [0, 0.05) is 6.42 Å². The van der Waals surface area contributed by atoms with E-state index in [1.54, 1.807) is 0 Å². The number of hydrogen-bond donors (Lipinski definition) is 3. The molecular weight excluding hydrogens is 803 g/mol. The smallest absolute Gasteiger partial charge is 0.306 e. The normalized spacial score (nSPS) is 14.5. The minimum absolute atomic E-state index is 0.0144. The Kier molecular flexibility index (Phi) is 47.4. The van der Waals surface area contributed by atoms with Crippen LogP contribution in [0.2, 0.25) is 0 Å². The van der Waals surface area contributed by atoms with E-state index in [1.165, 1.54) is 57.8 Å². The van der Waals surface area contributed by atoms with Crippen LogP contribution < -0.4 is 5.32 Å². The molecule has 0 saturated heterocycles. The van der Waals surface area contributed by atoms with Gasteiger partial charge in [-0.15, -0.1) is 0 Å². The molecule has 0 aromatic heterocycles. The van der Waals surface area contributed by atoms with Gasteiger partial charge in [0.2, 0.25) is 5.91 Å². The molecule has 0 aliphatic rings. The van der Waals surface area contributed by atoms with Crippen LogP contribution in [0.4, 0.5) is 0 Å². The third-order valence-electron chi connectivity index (χ3n) is 10.6. The van der Waals surface area contributed by atoms with Crippen LogP contribution >= 0.6 is 0 Å². The Hall–Kier alpha value is -4.26. The van der Waals surface area contributed by atoms with Crippen LogP contribution in [0.1, 0.15) is 188 Å². The molecule has 0 bridgehead atoms. The second-order valence-electron chi connectivity index (χ2n) is 16.6. The van der Waals surface area contributed by atoms with Crippen LogP contribution in [0.3, 0.4) is 0 Å². The van der Waals surface area contributed by atoms with E-state index in [0.717, 1.165) is 77.0 Å². The predicted molar refractivity (Wildman–Crippen MR) is 282 cm³/mol. The van der Waals surface area contributed by atoms with Gasteiger partial charge in [0.1, 0.15) is 6.10 Å². The molecule has 6 nitrogen and oxygen atoms in total. The minimum Gasteiger partial charge on any atom is -0.462 e. The first-order valence-electron chi connectivity index (χ1n) is 25.6. The predicted octanol–water partition coefficient (Wildman–Crippen LogP) is 15.6. The van der Waals surface area contributed by atoms with Crippen LogP contribution in [0.15, 0.2) is 146 Å². The molecule has 0 radical (unpaired) electrons. The number of carbonyl (C=O) groups is 2. The summed E-state index contributed by atoms with van der Waals surface area (Å²) in [5.41, 5.74) is 0. The number of carbonyl (C=O) groups excluding carboxylic acids is 2. The zero-order valence-corrected chi connectivity index (χ0v) is 41.3. The van der Waals surface area contributed by atoms with Gasteiger partial charge in [0.15, 0.2) is 0 Å². The highest BCUT2D eigenvalue weighted by Gasteiger charge is 2.23. The highest BCUT2D eigenvalue weighted by atomic mass is 16.5. The van der Waals surface area contributed by atoms with Crippen molar-refractivity contribution < 1.29 is 24.5 Å². The SMILES string of the molecule is CC\C=C/C=C/C=C/C=C\C=C\C=C\CCCC(CC(=O)NC(CO)C(O)CCCCCCCCCCCCCC)OC(=O)CC/C=C\C/C=C\C/C=C\C/C=C\C/C=C\C/C=C\CC. The van der Waals surface area contributed by atoms with Gasteiger partial charge in [-0.3, -0.25) is 9.59 Å². The maximum Gasteiger partial charge on any atom is 0.306 e. The van der Waals surface area contributed by atoms with Gasteiger partial charge in [0.05, 0.1) is 25.2 Å². The van der Waals surface area contributed by atoms with Crippen LogP contribution in [0.25, 0.3) is 0 Å². The first-order valence-corrected chi connectivity index (χ1v) is 25.6. The summed E-state index contributed by atoms with van der Waals surface area (Å²) in [5.74, 6) is -0.667. The molecule has 3 atom stereocenters. The van der Waals surface area contributed by atoms with Crippen molar-refractivity contribution in [1.82, 2.24) is 5.32 Å².